The summed E-state index contributed by atoms with van der Waals surface area (Å²) in [5.74, 6) is 2.24. The van der Waals surface area contributed by atoms with Crippen molar-refractivity contribution >= 4 is 11.7 Å². The van der Waals surface area contributed by atoms with Gasteiger partial charge in [0, 0.05) is 31.5 Å². The van der Waals surface area contributed by atoms with Crippen LogP contribution in [0.2, 0.25) is 0 Å². The summed E-state index contributed by atoms with van der Waals surface area (Å²) < 4.78 is 1.89. The second-order valence-electron chi connectivity index (χ2n) is 6.20. The molecule has 0 saturated carbocycles. The van der Waals surface area contributed by atoms with E-state index in [9.17, 15) is 4.79 Å². The first kappa shape index (κ1) is 18.6. The Labute approximate surface area is 158 Å². The lowest BCUT2D eigenvalue weighted by Gasteiger charge is -2.15. The van der Waals surface area contributed by atoms with Gasteiger partial charge in [-0.05, 0) is 18.9 Å². The van der Waals surface area contributed by atoms with E-state index < -0.39 is 0 Å². The van der Waals surface area contributed by atoms with Crippen LogP contribution in [0, 0.1) is 6.92 Å². The molecule has 1 amide bonds. The predicted molar refractivity (Wildman–Crippen MR) is 105 cm³/mol. The monoisotopic (exact) mass is 364 g/mol. The van der Waals surface area contributed by atoms with Crippen LogP contribution in [-0.2, 0) is 4.79 Å². The number of imidazole rings is 1. The van der Waals surface area contributed by atoms with E-state index in [1.54, 1.807) is 6.20 Å². The molecule has 0 aliphatic carbocycles. The average Bonchev–Trinajstić information content (AvgIpc) is 3.13. The molecule has 2 aromatic heterocycles. The smallest absolute Gasteiger partial charge is 0.227 e. The van der Waals surface area contributed by atoms with Crippen molar-refractivity contribution in [2.45, 2.75) is 26.2 Å². The number of carbonyl (C=O) groups is 1. The fraction of sp³-hybridized carbons (Fsp3) is 0.300. The quantitative estimate of drug-likeness (QED) is 0.600. The van der Waals surface area contributed by atoms with Crippen LogP contribution >= 0.6 is 0 Å². The third-order valence-corrected chi connectivity index (χ3v) is 4.38. The van der Waals surface area contributed by atoms with Crippen LogP contribution in [0.5, 0.6) is 0 Å². The van der Waals surface area contributed by atoms with Gasteiger partial charge in [0.25, 0.3) is 0 Å². The van der Waals surface area contributed by atoms with E-state index in [0.29, 0.717) is 18.9 Å². The van der Waals surface area contributed by atoms with Gasteiger partial charge < -0.3 is 10.6 Å². The average molecular weight is 364 g/mol. The first-order valence-electron chi connectivity index (χ1n) is 9.08. The van der Waals surface area contributed by atoms with E-state index in [4.69, 9.17) is 0 Å². The van der Waals surface area contributed by atoms with Gasteiger partial charge in [0.2, 0.25) is 5.91 Å². The largest absolute Gasteiger partial charge is 0.368 e. The molecule has 0 radical (unpaired) electrons. The molecular formula is C20H24N6O. The van der Waals surface area contributed by atoms with E-state index in [1.807, 2.05) is 61.0 Å². The third-order valence-electron chi connectivity index (χ3n) is 4.38. The molecule has 2 N–H and O–H groups in total. The molecular weight excluding hydrogens is 340 g/mol. The summed E-state index contributed by atoms with van der Waals surface area (Å²) in [7, 11) is 0. The summed E-state index contributed by atoms with van der Waals surface area (Å²) in [5, 5.41) is 6.21. The minimum absolute atomic E-state index is 0.0444. The number of rotatable bonds is 8. The molecule has 0 aliphatic rings. The Balaban J connectivity index is 1.52. The Morgan fingerprint density at radius 3 is 2.67 bits per heavy atom. The van der Waals surface area contributed by atoms with Gasteiger partial charge in [0.15, 0.2) is 0 Å². The number of benzene rings is 1. The van der Waals surface area contributed by atoms with Gasteiger partial charge in [0.1, 0.15) is 23.8 Å². The minimum Gasteiger partial charge on any atom is -0.368 e. The highest BCUT2D eigenvalue weighted by molar-refractivity contribution is 5.83. The van der Waals surface area contributed by atoms with Crippen molar-refractivity contribution in [1.82, 2.24) is 24.8 Å². The normalized spacial score (nSPS) is 11.8. The molecule has 0 spiro atoms. The standard InChI is InChI=1S/C20H24N6O/c1-3-17(16-7-5-4-6-8-16)20(27)23-10-9-22-18-13-19(25-14-24-18)26-12-11-21-15(26)2/h4-8,11-14,17H,3,9-10H2,1-2H3,(H,23,27)(H,22,24,25)/t17-/m1/s1. The van der Waals surface area contributed by atoms with E-state index in [0.717, 1.165) is 23.6 Å². The highest BCUT2D eigenvalue weighted by atomic mass is 16.1. The lowest BCUT2D eigenvalue weighted by molar-refractivity contribution is -0.122. The molecule has 0 aliphatic heterocycles. The summed E-state index contributed by atoms with van der Waals surface area (Å²) >= 11 is 0. The van der Waals surface area contributed by atoms with Crippen LogP contribution in [0.1, 0.15) is 30.7 Å². The Kier molecular flexibility index (Phi) is 6.14. The van der Waals surface area contributed by atoms with Crippen molar-refractivity contribution in [1.29, 1.82) is 0 Å². The Morgan fingerprint density at radius 1 is 1.15 bits per heavy atom. The zero-order valence-electron chi connectivity index (χ0n) is 15.6. The van der Waals surface area contributed by atoms with Gasteiger partial charge in [-0.1, -0.05) is 37.3 Å². The molecule has 3 aromatic rings. The molecule has 1 atom stereocenters. The van der Waals surface area contributed by atoms with Gasteiger partial charge in [-0.3, -0.25) is 9.36 Å². The Bertz CT molecular complexity index is 877. The third kappa shape index (κ3) is 4.69. The van der Waals surface area contributed by atoms with E-state index in [1.165, 1.54) is 6.33 Å². The zero-order chi connectivity index (χ0) is 19.1. The number of aromatic nitrogens is 4. The van der Waals surface area contributed by atoms with Crippen LogP contribution < -0.4 is 10.6 Å². The van der Waals surface area contributed by atoms with Crippen molar-refractivity contribution in [3.8, 4) is 5.82 Å². The van der Waals surface area contributed by atoms with Crippen LogP contribution in [0.25, 0.3) is 5.82 Å². The van der Waals surface area contributed by atoms with Crippen LogP contribution in [0.15, 0.2) is 55.1 Å². The SMILES string of the molecule is CC[C@@H](C(=O)NCCNc1cc(-n2ccnc2C)ncn1)c1ccccc1. The fourth-order valence-electron chi connectivity index (χ4n) is 2.95. The second-order valence-corrected chi connectivity index (χ2v) is 6.20. The molecule has 1 aromatic carbocycles. The Hall–Kier alpha value is -3.22. The van der Waals surface area contributed by atoms with Gasteiger partial charge in [-0.15, -0.1) is 0 Å². The number of nitrogens with zero attached hydrogens (tertiary/aromatic N) is 4. The summed E-state index contributed by atoms with van der Waals surface area (Å²) in [5.41, 5.74) is 1.04. The summed E-state index contributed by atoms with van der Waals surface area (Å²) in [6.07, 6.45) is 5.87. The molecule has 2 heterocycles. The van der Waals surface area contributed by atoms with Crippen LogP contribution in [0.3, 0.4) is 0 Å². The number of anilines is 1. The molecule has 3 rings (SSSR count). The Morgan fingerprint density at radius 2 is 1.96 bits per heavy atom. The van der Waals surface area contributed by atoms with E-state index in [2.05, 4.69) is 25.6 Å². The highest BCUT2D eigenvalue weighted by Gasteiger charge is 2.17. The highest BCUT2D eigenvalue weighted by Crippen LogP contribution is 2.19. The number of aryl methyl sites for hydroxylation is 1. The molecule has 0 bridgehead atoms. The van der Waals surface area contributed by atoms with Crippen molar-refractivity contribution < 1.29 is 4.79 Å². The van der Waals surface area contributed by atoms with Crippen molar-refractivity contribution in [3.05, 3.63) is 66.5 Å². The zero-order valence-corrected chi connectivity index (χ0v) is 15.6. The first-order chi connectivity index (χ1) is 13.2. The fourth-order valence-corrected chi connectivity index (χ4v) is 2.95. The van der Waals surface area contributed by atoms with Crippen molar-refractivity contribution in [2.24, 2.45) is 0 Å². The first-order valence-corrected chi connectivity index (χ1v) is 9.08. The molecule has 7 heteroatoms. The summed E-state index contributed by atoms with van der Waals surface area (Å²) in [6.45, 7) is 5.04. The number of amides is 1. The summed E-state index contributed by atoms with van der Waals surface area (Å²) in [6, 6.07) is 11.7. The maximum atomic E-state index is 12.5. The lowest BCUT2D eigenvalue weighted by Crippen LogP contribution is -2.33. The maximum Gasteiger partial charge on any atom is 0.227 e. The molecule has 7 nitrogen and oxygen atoms in total. The molecule has 27 heavy (non-hydrogen) atoms. The van der Waals surface area contributed by atoms with Gasteiger partial charge >= 0.3 is 0 Å². The molecule has 0 unspecified atom stereocenters. The minimum atomic E-state index is -0.124. The molecule has 0 fully saturated rings. The van der Waals surface area contributed by atoms with Gasteiger partial charge in [-0.2, -0.15) is 0 Å². The second kappa shape index (κ2) is 8.93. The van der Waals surface area contributed by atoms with E-state index >= 15 is 0 Å². The number of hydrogen-bond acceptors (Lipinski definition) is 5. The van der Waals surface area contributed by atoms with Crippen LogP contribution in [-0.4, -0.2) is 38.5 Å². The van der Waals surface area contributed by atoms with Crippen LogP contribution in [0.4, 0.5) is 5.82 Å². The lowest BCUT2D eigenvalue weighted by atomic mass is 9.96. The number of hydrogen-bond donors (Lipinski definition) is 2. The van der Waals surface area contributed by atoms with Crippen molar-refractivity contribution in [2.75, 3.05) is 18.4 Å². The molecule has 0 saturated heterocycles. The van der Waals surface area contributed by atoms with Crippen molar-refractivity contribution in [3.63, 3.8) is 0 Å². The number of carbonyl (C=O) groups excluding carboxylic acids is 1. The number of nitrogens with one attached hydrogen (secondary N) is 2. The summed E-state index contributed by atoms with van der Waals surface area (Å²) in [4.78, 5) is 25.2. The topological polar surface area (TPSA) is 84.7 Å². The molecule has 140 valence electrons. The predicted octanol–water partition coefficient (Wildman–Crippen LogP) is 2.69. The van der Waals surface area contributed by atoms with Gasteiger partial charge in [-0.25, -0.2) is 15.0 Å². The maximum absolute atomic E-state index is 12.5. The van der Waals surface area contributed by atoms with E-state index in [-0.39, 0.29) is 11.8 Å². The van der Waals surface area contributed by atoms with Gasteiger partial charge in [0.05, 0.1) is 5.92 Å².